The predicted octanol–water partition coefficient (Wildman–Crippen LogP) is 3.55. The summed E-state index contributed by atoms with van der Waals surface area (Å²) in [7, 11) is 0. The van der Waals surface area contributed by atoms with Gasteiger partial charge in [0.05, 0.1) is 0 Å². The van der Waals surface area contributed by atoms with Crippen LogP contribution in [0, 0.1) is 16.7 Å². The molecule has 1 spiro atoms. The number of hydrogen-bond acceptors (Lipinski definition) is 2. The van der Waals surface area contributed by atoms with E-state index in [0.717, 1.165) is 5.92 Å². The highest BCUT2D eigenvalue weighted by Gasteiger charge is 2.51. The van der Waals surface area contributed by atoms with Gasteiger partial charge in [0.15, 0.2) is 0 Å². The van der Waals surface area contributed by atoms with Gasteiger partial charge in [0.1, 0.15) is 0 Å². The van der Waals surface area contributed by atoms with Crippen molar-refractivity contribution in [3.8, 4) is 0 Å². The van der Waals surface area contributed by atoms with Crippen molar-refractivity contribution < 1.29 is 0 Å². The Bertz CT molecular complexity index is 231. The molecule has 2 fully saturated rings. The second-order valence-electron chi connectivity index (χ2n) is 6.28. The summed E-state index contributed by atoms with van der Waals surface area (Å²) in [6, 6.07) is 0. The third-order valence-electron chi connectivity index (χ3n) is 5.14. The van der Waals surface area contributed by atoms with E-state index in [-0.39, 0.29) is 0 Å². The van der Waals surface area contributed by atoms with Crippen LogP contribution in [0.4, 0.5) is 0 Å². The molecule has 0 radical (unpaired) electrons. The highest BCUT2D eigenvalue weighted by Crippen LogP contribution is 2.56. The molecule has 2 aliphatic heterocycles. The van der Waals surface area contributed by atoms with Gasteiger partial charge in [-0.25, -0.2) is 0 Å². The molecule has 1 nitrogen and oxygen atoms in total. The van der Waals surface area contributed by atoms with E-state index in [1.165, 1.54) is 50.3 Å². The van der Waals surface area contributed by atoms with Crippen molar-refractivity contribution in [1.29, 1.82) is 0 Å². The fourth-order valence-electron chi connectivity index (χ4n) is 3.82. The van der Waals surface area contributed by atoms with Crippen LogP contribution in [0.1, 0.15) is 46.5 Å². The molecular formula is C14H27NS. The van der Waals surface area contributed by atoms with Crippen LogP contribution in [0.15, 0.2) is 0 Å². The lowest BCUT2D eigenvalue weighted by atomic mass is 9.55. The van der Waals surface area contributed by atoms with E-state index < -0.39 is 0 Å². The first-order chi connectivity index (χ1) is 7.62. The van der Waals surface area contributed by atoms with Gasteiger partial charge in [-0.3, -0.25) is 0 Å². The lowest BCUT2D eigenvalue weighted by Crippen LogP contribution is -2.56. The monoisotopic (exact) mass is 241 g/mol. The zero-order valence-electron chi connectivity index (χ0n) is 11.1. The quantitative estimate of drug-likeness (QED) is 0.793. The van der Waals surface area contributed by atoms with Gasteiger partial charge in [0, 0.05) is 0 Å². The highest BCUT2D eigenvalue weighted by atomic mass is 32.2. The molecule has 2 aliphatic rings. The molecule has 16 heavy (non-hydrogen) atoms. The summed E-state index contributed by atoms with van der Waals surface area (Å²) in [5, 5.41) is 3.62. The molecule has 2 saturated heterocycles. The Balaban J connectivity index is 2.22. The first kappa shape index (κ1) is 12.8. The molecule has 2 unspecified atom stereocenters. The van der Waals surface area contributed by atoms with Crippen molar-refractivity contribution in [1.82, 2.24) is 5.32 Å². The van der Waals surface area contributed by atoms with Crippen LogP contribution >= 0.6 is 11.8 Å². The molecule has 0 aromatic carbocycles. The van der Waals surface area contributed by atoms with Crippen LogP contribution in [0.5, 0.6) is 0 Å². The molecule has 0 bridgehead atoms. The van der Waals surface area contributed by atoms with Crippen molar-refractivity contribution in [2.24, 2.45) is 16.7 Å². The Hall–Kier alpha value is 0.310. The van der Waals surface area contributed by atoms with E-state index in [4.69, 9.17) is 0 Å². The van der Waals surface area contributed by atoms with E-state index in [9.17, 15) is 0 Å². The Kier molecular flexibility index (Phi) is 3.90. The number of hydrogen-bond donors (Lipinski definition) is 1. The maximum Gasteiger partial charge on any atom is -0.000207 e. The molecule has 0 aromatic rings. The number of piperidine rings is 1. The minimum absolute atomic E-state index is 0.556. The molecule has 2 rings (SSSR count). The van der Waals surface area contributed by atoms with Gasteiger partial charge in [-0.15, -0.1) is 0 Å². The Morgan fingerprint density at radius 2 is 2.12 bits per heavy atom. The van der Waals surface area contributed by atoms with Crippen LogP contribution in [0.2, 0.25) is 0 Å². The second-order valence-corrected chi connectivity index (χ2v) is 7.39. The summed E-state index contributed by atoms with van der Waals surface area (Å²) >= 11 is 2.20. The Labute approximate surface area is 105 Å². The van der Waals surface area contributed by atoms with Gasteiger partial charge in [0.2, 0.25) is 0 Å². The summed E-state index contributed by atoms with van der Waals surface area (Å²) in [5.41, 5.74) is 1.18. The van der Waals surface area contributed by atoms with Gasteiger partial charge >= 0.3 is 0 Å². The van der Waals surface area contributed by atoms with Gasteiger partial charge in [-0.1, -0.05) is 27.2 Å². The average molecular weight is 241 g/mol. The van der Waals surface area contributed by atoms with Crippen molar-refractivity contribution in [3.05, 3.63) is 0 Å². The fraction of sp³-hybridized carbons (Fsp3) is 1.00. The summed E-state index contributed by atoms with van der Waals surface area (Å²) in [6.07, 6.45) is 5.57. The Morgan fingerprint density at radius 3 is 2.81 bits per heavy atom. The van der Waals surface area contributed by atoms with Gasteiger partial charge < -0.3 is 5.32 Å². The zero-order chi connectivity index (χ0) is 11.6. The predicted molar refractivity (Wildman–Crippen MR) is 74.0 cm³/mol. The molecular weight excluding hydrogens is 214 g/mol. The minimum atomic E-state index is 0.556. The maximum absolute atomic E-state index is 3.62. The molecule has 2 heterocycles. The summed E-state index contributed by atoms with van der Waals surface area (Å²) < 4.78 is 0. The third kappa shape index (κ3) is 2.03. The number of rotatable bonds is 2. The van der Waals surface area contributed by atoms with E-state index >= 15 is 0 Å². The SMILES string of the molecule is CCCC1CNCCC12CSCCC2(C)C. The van der Waals surface area contributed by atoms with Crippen LogP contribution in [-0.2, 0) is 0 Å². The van der Waals surface area contributed by atoms with Crippen molar-refractivity contribution in [2.45, 2.75) is 46.5 Å². The van der Waals surface area contributed by atoms with E-state index in [2.05, 4.69) is 37.8 Å². The lowest BCUT2D eigenvalue weighted by Gasteiger charge is -2.57. The third-order valence-corrected chi connectivity index (χ3v) is 6.35. The molecule has 0 aliphatic carbocycles. The first-order valence-corrected chi connectivity index (χ1v) is 8.06. The number of nitrogens with one attached hydrogen (secondary N) is 1. The molecule has 1 N–H and O–H groups in total. The van der Waals surface area contributed by atoms with Crippen LogP contribution in [0.25, 0.3) is 0 Å². The topological polar surface area (TPSA) is 12.0 Å². The molecule has 2 atom stereocenters. The average Bonchev–Trinajstić information content (AvgIpc) is 2.26. The molecule has 94 valence electrons. The molecule has 2 heteroatoms. The largest absolute Gasteiger partial charge is 0.316 e. The van der Waals surface area contributed by atoms with Crippen molar-refractivity contribution in [3.63, 3.8) is 0 Å². The van der Waals surface area contributed by atoms with Gasteiger partial charge in [-0.05, 0) is 60.6 Å². The molecule has 0 saturated carbocycles. The van der Waals surface area contributed by atoms with E-state index in [1.54, 1.807) is 0 Å². The van der Waals surface area contributed by atoms with Crippen LogP contribution in [-0.4, -0.2) is 24.6 Å². The van der Waals surface area contributed by atoms with Crippen molar-refractivity contribution >= 4 is 11.8 Å². The van der Waals surface area contributed by atoms with E-state index in [1.807, 2.05) is 0 Å². The second kappa shape index (κ2) is 4.89. The number of thioether (sulfide) groups is 1. The maximum atomic E-state index is 3.62. The minimum Gasteiger partial charge on any atom is -0.316 e. The Morgan fingerprint density at radius 1 is 1.31 bits per heavy atom. The zero-order valence-corrected chi connectivity index (χ0v) is 12.0. The summed E-state index contributed by atoms with van der Waals surface area (Å²) in [5.74, 6) is 3.70. The normalized spacial score (nSPS) is 38.8. The molecule has 0 aromatic heterocycles. The first-order valence-electron chi connectivity index (χ1n) is 6.91. The van der Waals surface area contributed by atoms with Gasteiger partial charge in [-0.2, -0.15) is 11.8 Å². The fourth-order valence-corrected chi connectivity index (χ4v) is 5.75. The van der Waals surface area contributed by atoms with Gasteiger partial charge in [0.25, 0.3) is 0 Å². The van der Waals surface area contributed by atoms with Crippen LogP contribution < -0.4 is 5.32 Å². The lowest BCUT2D eigenvalue weighted by molar-refractivity contribution is -0.0127. The standard InChI is InChI=1S/C14H27NS/c1-4-5-12-10-15-8-6-14(12)11-16-9-7-13(14,2)3/h12,15H,4-11H2,1-3H3. The smallest absolute Gasteiger partial charge is 0.000207 e. The highest BCUT2D eigenvalue weighted by molar-refractivity contribution is 7.99. The molecule has 0 amide bonds. The summed E-state index contributed by atoms with van der Waals surface area (Å²) in [6.45, 7) is 9.90. The van der Waals surface area contributed by atoms with Crippen LogP contribution in [0.3, 0.4) is 0 Å². The van der Waals surface area contributed by atoms with E-state index in [0.29, 0.717) is 10.8 Å². The van der Waals surface area contributed by atoms with Crippen molar-refractivity contribution in [2.75, 3.05) is 24.6 Å². The summed E-state index contributed by atoms with van der Waals surface area (Å²) in [4.78, 5) is 0.